The van der Waals surface area contributed by atoms with Crippen LogP contribution < -0.4 is 5.32 Å². The highest BCUT2D eigenvalue weighted by Crippen LogP contribution is 2.27. The second kappa shape index (κ2) is 7.40. The lowest BCUT2D eigenvalue weighted by atomic mass is 9.98. The van der Waals surface area contributed by atoms with E-state index in [2.05, 4.69) is 31.0 Å². The molecule has 0 aliphatic carbocycles. The molecule has 2 aliphatic rings. The van der Waals surface area contributed by atoms with E-state index in [4.69, 9.17) is 9.47 Å². The van der Waals surface area contributed by atoms with Gasteiger partial charge in [0.1, 0.15) is 6.04 Å². The van der Waals surface area contributed by atoms with E-state index in [-0.39, 0.29) is 29.4 Å². The van der Waals surface area contributed by atoms with Crippen molar-refractivity contribution >= 4 is 11.9 Å². The van der Waals surface area contributed by atoms with Crippen LogP contribution in [0.3, 0.4) is 0 Å². The lowest BCUT2D eigenvalue weighted by Gasteiger charge is -2.36. The van der Waals surface area contributed by atoms with Crippen LogP contribution in [0.4, 0.5) is 0 Å². The van der Waals surface area contributed by atoms with Crippen LogP contribution in [0.1, 0.15) is 53.9 Å². The molecule has 24 heavy (non-hydrogen) atoms. The first-order valence-corrected chi connectivity index (χ1v) is 8.93. The summed E-state index contributed by atoms with van der Waals surface area (Å²) in [5.74, 6) is -0.158. The Labute approximate surface area is 145 Å². The van der Waals surface area contributed by atoms with E-state index in [1.165, 1.54) is 0 Å². The molecule has 0 bridgehead atoms. The Morgan fingerprint density at radius 3 is 2.42 bits per heavy atom. The first kappa shape index (κ1) is 19.2. The fraction of sp³-hybridized carbons (Fsp3) is 0.889. The molecule has 2 saturated heterocycles. The molecule has 0 aromatic carbocycles. The second-order valence-electron chi connectivity index (χ2n) is 8.55. The van der Waals surface area contributed by atoms with Gasteiger partial charge >= 0.3 is 5.97 Å². The Kier molecular flexibility index (Phi) is 5.91. The maximum absolute atomic E-state index is 12.4. The first-order valence-electron chi connectivity index (χ1n) is 8.93. The first-order chi connectivity index (χ1) is 11.1. The zero-order valence-corrected chi connectivity index (χ0v) is 15.7. The van der Waals surface area contributed by atoms with Crippen LogP contribution in [-0.4, -0.2) is 60.3 Å². The highest BCUT2D eigenvalue weighted by molar-refractivity contribution is 5.80. The Morgan fingerprint density at radius 1 is 1.21 bits per heavy atom. The SMILES string of the molecule is CC(C)(CCOC(=O)C1CCCN1C(C)(C)C)NC(=O)C1COC1. The predicted molar refractivity (Wildman–Crippen MR) is 91.6 cm³/mol. The van der Waals surface area contributed by atoms with Crippen LogP contribution in [-0.2, 0) is 19.1 Å². The van der Waals surface area contributed by atoms with Crippen LogP contribution in [0.2, 0.25) is 0 Å². The molecular formula is C18H32N2O4. The third-order valence-electron chi connectivity index (χ3n) is 4.83. The predicted octanol–water partition coefficient (Wildman–Crippen LogP) is 1.72. The number of amides is 1. The lowest BCUT2D eigenvalue weighted by Crippen LogP contribution is -2.51. The van der Waals surface area contributed by atoms with Crippen molar-refractivity contribution in [2.24, 2.45) is 5.92 Å². The molecule has 1 N–H and O–H groups in total. The number of ether oxygens (including phenoxy) is 2. The van der Waals surface area contributed by atoms with Gasteiger partial charge in [-0.25, -0.2) is 0 Å². The summed E-state index contributed by atoms with van der Waals surface area (Å²) in [6, 6.07) is -0.144. The Hall–Kier alpha value is -1.14. The molecule has 1 unspecified atom stereocenters. The van der Waals surface area contributed by atoms with Gasteiger partial charge in [0, 0.05) is 17.5 Å². The van der Waals surface area contributed by atoms with Crippen LogP contribution in [0, 0.1) is 5.92 Å². The zero-order chi connectivity index (χ0) is 18.0. The number of esters is 1. The summed E-state index contributed by atoms with van der Waals surface area (Å²) in [4.78, 5) is 26.6. The summed E-state index contributed by atoms with van der Waals surface area (Å²) in [6.07, 6.45) is 2.49. The second-order valence-corrected chi connectivity index (χ2v) is 8.55. The molecule has 2 aliphatic heterocycles. The Bertz CT molecular complexity index is 466. The van der Waals surface area contributed by atoms with Gasteiger partial charge in [-0.15, -0.1) is 0 Å². The topological polar surface area (TPSA) is 67.9 Å². The summed E-state index contributed by atoms with van der Waals surface area (Å²) in [6.45, 7) is 12.5. The molecule has 0 saturated carbocycles. The number of hydrogen-bond acceptors (Lipinski definition) is 5. The van der Waals surface area contributed by atoms with E-state index in [9.17, 15) is 9.59 Å². The van der Waals surface area contributed by atoms with Crippen molar-refractivity contribution in [3.8, 4) is 0 Å². The van der Waals surface area contributed by atoms with Gasteiger partial charge in [0.25, 0.3) is 0 Å². The number of hydrogen-bond donors (Lipinski definition) is 1. The van der Waals surface area contributed by atoms with Crippen molar-refractivity contribution in [3.05, 3.63) is 0 Å². The number of carbonyl (C=O) groups excluding carboxylic acids is 2. The third kappa shape index (κ3) is 4.93. The fourth-order valence-electron chi connectivity index (χ4n) is 3.20. The van der Waals surface area contributed by atoms with Crippen LogP contribution in [0.25, 0.3) is 0 Å². The molecule has 0 spiro atoms. The quantitative estimate of drug-likeness (QED) is 0.746. The van der Waals surface area contributed by atoms with E-state index in [1.807, 2.05) is 13.8 Å². The highest BCUT2D eigenvalue weighted by Gasteiger charge is 2.38. The van der Waals surface area contributed by atoms with Crippen molar-refractivity contribution in [2.75, 3.05) is 26.4 Å². The van der Waals surface area contributed by atoms with Gasteiger partial charge in [-0.05, 0) is 54.0 Å². The molecule has 2 rings (SSSR count). The summed E-state index contributed by atoms with van der Waals surface area (Å²) in [7, 11) is 0. The average Bonchev–Trinajstić information content (AvgIpc) is 2.83. The van der Waals surface area contributed by atoms with Crippen LogP contribution in [0.5, 0.6) is 0 Å². The van der Waals surface area contributed by atoms with Gasteiger partial charge < -0.3 is 14.8 Å². The van der Waals surface area contributed by atoms with Gasteiger partial charge in [-0.3, -0.25) is 14.5 Å². The number of carbonyl (C=O) groups is 2. The molecule has 1 amide bonds. The molecule has 0 aromatic heterocycles. The lowest BCUT2D eigenvalue weighted by molar-refractivity contribution is -0.151. The smallest absolute Gasteiger partial charge is 0.323 e. The van der Waals surface area contributed by atoms with Crippen LogP contribution >= 0.6 is 0 Å². The molecule has 2 fully saturated rings. The van der Waals surface area contributed by atoms with E-state index >= 15 is 0 Å². The van der Waals surface area contributed by atoms with Crippen molar-refractivity contribution in [1.29, 1.82) is 0 Å². The number of nitrogens with one attached hydrogen (secondary N) is 1. The number of rotatable bonds is 6. The largest absolute Gasteiger partial charge is 0.464 e. The van der Waals surface area contributed by atoms with Gasteiger partial charge in [-0.1, -0.05) is 0 Å². The minimum Gasteiger partial charge on any atom is -0.464 e. The molecule has 138 valence electrons. The molecule has 1 atom stereocenters. The van der Waals surface area contributed by atoms with Crippen LogP contribution in [0.15, 0.2) is 0 Å². The van der Waals surface area contributed by atoms with Gasteiger partial charge in [-0.2, -0.15) is 0 Å². The van der Waals surface area contributed by atoms with Gasteiger partial charge in [0.2, 0.25) is 5.91 Å². The fourth-order valence-corrected chi connectivity index (χ4v) is 3.20. The maximum Gasteiger partial charge on any atom is 0.323 e. The van der Waals surface area contributed by atoms with Crippen molar-refractivity contribution < 1.29 is 19.1 Å². The zero-order valence-electron chi connectivity index (χ0n) is 15.7. The Balaban J connectivity index is 1.76. The molecule has 2 heterocycles. The summed E-state index contributed by atoms with van der Waals surface area (Å²) < 4.78 is 10.6. The summed E-state index contributed by atoms with van der Waals surface area (Å²) in [5, 5.41) is 3.01. The maximum atomic E-state index is 12.4. The van der Waals surface area contributed by atoms with E-state index in [0.29, 0.717) is 26.2 Å². The van der Waals surface area contributed by atoms with Gasteiger partial charge in [0.15, 0.2) is 0 Å². The van der Waals surface area contributed by atoms with E-state index in [1.54, 1.807) is 0 Å². The normalized spacial score (nSPS) is 23.0. The van der Waals surface area contributed by atoms with E-state index in [0.717, 1.165) is 19.4 Å². The third-order valence-corrected chi connectivity index (χ3v) is 4.83. The number of nitrogens with zero attached hydrogens (tertiary/aromatic N) is 1. The number of likely N-dealkylation sites (tertiary alicyclic amines) is 1. The molecule has 0 radical (unpaired) electrons. The van der Waals surface area contributed by atoms with Crippen molar-refractivity contribution in [1.82, 2.24) is 10.2 Å². The Morgan fingerprint density at radius 2 is 1.88 bits per heavy atom. The van der Waals surface area contributed by atoms with Crippen molar-refractivity contribution in [2.45, 2.75) is 71.0 Å². The molecule has 6 heteroatoms. The van der Waals surface area contributed by atoms with Crippen molar-refractivity contribution in [3.63, 3.8) is 0 Å². The average molecular weight is 340 g/mol. The standard InChI is InChI=1S/C18H32N2O4/c1-17(2,3)20-9-6-7-14(20)16(22)24-10-8-18(4,5)19-15(21)13-11-23-12-13/h13-14H,6-12H2,1-5H3,(H,19,21). The summed E-state index contributed by atoms with van der Waals surface area (Å²) >= 11 is 0. The minimum absolute atomic E-state index is 0.0206. The highest BCUT2D eigenvalue weighted by atomic mass is 16.5. The monoisotopic (exact) mass is 340 g/mol. The molecule has 6 nitrogen and oxygen atoms in total. The summed E-state index contributed by atoms with van der Waals surface area (Å²) in [5.41, 5.74) is -0.426. The molecule has 0 aromatic rings. The van der Waals surface area contributed by atoms with E-state index < -0.39 is 5.54 Å². The minimum atomic E-state index is -0.396. The molecular weight excluding hydrogens is 308 g/mol. The van der Waals surface area contributed by atoms with Gasteiger partial charge in [0.05, 0.1) is 25.7 Å².